The molecular weight excluding hydrogens is 464 g/mol. The summed E-state index contributed by atoms with van der Waals surface area (Å²) < 4.78 is 12.0. The summed E-state index contributed by atoms with van der Waals surface area (Å²) in [7, 11) is 1.51. The molecule has 31 heavy (non-hydrogen) atoms. The summed E-state index contributed by atoms with van der Waals surface area (Å²) in [4.78, 5) is 38.9. The number of rotatable bonds is 6. The van der Waals surface area contributed by atoms with E-state index in [4.69, 9.17) is 9.47 Å². The summed E-state index contributed by atoms with van der Waals surface area (Å²) in [5.41, 5.74) is 1.53. The normalized spacial score (nSPS) is 16.4. The van der Waals surface area contributed by atoms with Gasteiger partial charge in [0.1, 0.15) is 5.57 Å². The number of amides is 4. The van der Waals surface area contributed by atoms with Crippen LogP contribution in [0.25, 0.3) is 6.08 Å². The van der Waals surface area contributed by atoms with Crippen molar-refractivity contribution >= 4 is 45.5 Å². The fourth-order valence-electron chi connectivity index (χ4n) is 3.08. The smallest absolute Gasteiger partial charge is 0.335 e. The molecule has 1 fully saturated rings. The van der Waals surface area contributed by atoms with Crippen LogP contribution in [0.3, 0.4) is 0 Å². The van der Waals surface area contributed by atoms with Gasteiger partial charge < -0.3 is 9.47 Å². The van der Waals surface area contributed by atoms with Crippen LogP contribution in [0.4, 0.5) is 10.5 Å². The topological polar surface area (TPSA) is 84.9 Å². The number of anilines is 1. The number of barbiturate groups is 1. The number of carbonyl (C=O) groups is 3. The van der Waals surface area contributed by atoms with E-state index in [-0.39, 0.29) is 11.7 Å². The van der Waals surface area contributed by atoms with Gasteiger partial charge in [0, 0.05) is 0 Å². The molecule has 1 atom stereocenters. The highest BCUT2D eigenvalue weighted by Gasteiger charge is 2.37. The van der Waals surface area contributed by atoms with Gasteiger partial charge in [0.25, 0.3) is 11.8 Å². The molecule has 1 heterocycles. The van der Waals surface area contributed by atoms with E-state index >= 15 is 0 Å². The Labute approximate surface area is 189 Å². The van der Waals surface area contributed by atoms with Crippen molar-refractivity contribution in [3.05, 3.63) is 57.6 Å². The van der Waals surface area contributed by atoms with Gasteiger partial charge in [-0.2, -0.15) is 0 Å². The van der Waals surface area contributed by atoms with Gasteiger partial charge in [-0.1, -0.05) is 25.1 Å². The Morgan fingerprint density at radius 3 is 2.55 bits per heavy atom. The highest BCUT2D eigenvalue weighted by Crippen LogP contribution is 2.38. The number of carbonyl (C=O) groups excluding carboxylic acids is 3. The summed E-state index contributed by atoms with van der Waals surface area (Å²) in [5.74, 6) is -0.458. The summed E-state index contributed by atoms with van der Waals surface area (Å²) >= 11 is 3.47. The van der Waals surface area contributed by atoms with Crippen molar-refractivity contribution in [2.45, 2.75) is 33.3 Å². The number of urea groups is 1. The first-order valence-corrected chi connectivity index (χ1v) is 10.6. The average Bonchev–Trinajstić information content (AvgIpc) is 2.73. The molecule has 0 spiro atoms. The summed E-state index contributed by atoms with van der Waals surface area (Å²) in [6, 6.07) is 9.58. The van der Waals surface area contributed by atoms with E-state index in [1.807, 2.05) is 13.8 Å². The Hall–Kier alpha value is -3.13. The molecule has 162 valence electrons. The monoisotopic (exact) mass is 486 g/mol. The van der Waals surface area contributed by atoms with Gasteiger partial charge in [-0.15, -0.1) is 0 Å². The first-order valence-electron chi connectivity index (χ1n) is 9.78. The van der Waals surface area contributed by atoms with Gasteiger partial charge in [-0.05, 0) is 71.6 Å². The van der Waals surface area contributed by atoms with E-state index in [2.05, 4.69) is 21.2 Å². The van der Waals surface area contributed by atoms with Crippen LogP contribution in [0.1, 0.15) is 31.4 Å². The first-order chi connectivity index (χ1) is 14.8. The van der Waals surface area contributed by atoms with Crippen LogP contribution in [-0.4, -0.2) is 31.1 Å². The number of halogens is 1. The minimum absolute atomic E-state index is 0.0196. The Balaban J connectivity index is 2.03. The van der Waals surface area contributed by atoms with E-state index in [0.29, 0.717) is 27.2 Å². The van der Waals surface area contributed by atoms with Gasteiger partial charge in [-0.3, -0.25) is 14.9 Å². The summed E-state index contributed by atoms with van der Waals surface area (Å²) in [5, 5.41) is 2.24. The third kappa shape index (κ3) is 4.64. The molecule has 1 aliphatic heterocycles. The summed E-state index contributed by atoms with van der Waals surface area (Å²) in [6.45, 7) is 5.75. The molecule has 4 amide bonds. The zero-order chi connectivity index (χ0) is 22.7. The molecule has 7 nitrogen and oxygen atoms in total. The molecule has 8 heteroatoms. The Morgan fingerprint density at radius 2 is 1.90 bits per heavy atom. The van der Waals surface area contributed by atoms with Crippen LogP contribution >= 0.6 is 15.9 Å². The quantitative estimate of drug-likeness (QED) is 0.475. The number of benzene rings is 2. The highest BCUT2D eigenvalue weighted by molar-refractivity contribution is 9.10. The van der Waals surface area contributed by atoms with Gasteiger partial charge in [0.05, 0.1) is 23.4 Å². The zero-order valence-electron chi connectivity index (χ0n) is 17.7. The zero-order valence-corrected chi connectivity index (χ0v) is 19.3. The fraction of sp³-hybridized carbons (Fsp3) is 0.261. The van der Waals surface area contributed by atoms with Gasteiger partial charge in [0.15, 0.2) is 11.5 Å². The van der Waals surface area contributed by atoms with E-state index in [1.54, 1.807) is 43.3 Å². The lowest BCUT2D eigenvalue weighted by molar-refractivity contribution is -0.122. The van der Waals surface area contributed by atoms with Crippen LogP contribution in [0, 0.1) is 6.92 Å². The van der Waals surface area contributed by atoms with Crippen molar-refractivity contribution in [2.75, 3.05) is 12.0 Å². The molecule has 0 aliphatic carbocycles. The summed E-state index contributed by atoms with van der Waals surface area (Å²) in [6.07, 6.45) is 2.22. The molecule has 2 aromatic rings. The van der Waals surface area contributed by atoms with Crippen molar-refractivity contribution in [3.8, 4) is 11.5 Å². The number of nitrogens with zero attached hydrogens (tertiary/aromatic N) is 1. The lowest BCUT2D eigenvalue weighted by atomic mass is 10.1. The molecule has 3 rings (SSSR count). The highest BCUT2D eigenvalue weighted by atomic mass is 79.9. The third-order valence-corrected chi connectivity index (χ3v) is 5.50. The van der Waals surface area contributed by atoms with Gasteiger partial charge in [-0.25, -0.2) is 9.69 Å². The standard InChI is InChI=1S/C23H23BrN2O5/c1-5-14(3)31-20-17(24)11-15(12-19(20)30-4)10-16-21(27)25-23(29)26(22(16)28)18-9-7-6-8-13(18)2/h6-12,14H,5H2,1-4H3,(H,25,27,29)/b16-10+. The number of hydrogen-bond donors (Lipinski definition) is 1. The fourth-order valence-corrected chi connectivity index (χ4v) is 3.63. The Bertz CT molecular complexity index is 1080. The number of para-hydroxylation sites is 1. The minimum atomic E-state index is -0.780. The van der Waals surface area contributed by atoms with E-state index in [1.165, 1.54) is 13.2 Å². The Morgan fingerprint density at radius 1 is 1.19 bits per heavy atom. The van der Waals surface area contributed by atoms with Crippen molar-refractivity contribution in [1.29, 1.82) is 0 Å². The van der Waals surface area contributed by atoms with Crippen LogP contribution in [-0.2, 0) is 9.59 Å². The van der Waals surface area contributed by atoms with Crippen molar-refractivity contribution in [2.24, 2.45) is 0 Å². The van der Waals surface area contributed by atoms with Gasteiger partial charge in [0.2, 0.25) is 0 Å². The molecule has 0 saturated carbocycles. The van der Waals surface area contributed by atoms with E-state index in [9.17, 15) is 14.4 Å². The second-order valence-electron chi connectivity index (χ2n) is 7.12. The number of aryl methyl sites for hydroxylation is 1. The minimum Gasteiger partial charge on any atom is -0.493 e. The maximum absolute atomic E-state index is 13.1. The maximum Gasteiger partial charge on any atom is 0.335 e. The van der Waals surface area contributed by atoms with Crippen LogP contribution < -0.4 is 19.7 Å². The molecule has 0 aromatic heterocycles. The molecule has 1 unspecified atom stereocenters. The number of imide groups is 2. The Kier molecular flexibility index (Phi) is 6.80. The number of nitrogens with one attached hydrogen (secondary N) is 1. The first kappa shape index (κ1) is 22.6. The number of ether oxygens (including phenoxy) is 2. The van der Waals surface area contributed by atoms with E-state index < -0.39 is 17.8 Å². The molecule has 1 saturated heterocycles. The lowest BCUT2D eigenvalue weighted by Crippen LogP contribution is -2.54. The maximum atomic E-state index is 13.1. The van der Waals surface area contributed by atoms with Crippen LogP contribution in [0.15, 0.2) is 46.4 Å². The molecule has 0 radical (unpaired) electrons. The molecule has 1 aliphatic rings. The van der Waals surface area contributed by atoms with Crippen molar-refractivity contribution < 1.29 is 23.9 Å². The largest absolute Gasteiger partial charge is 0.493 e. The second kappa shape index (κ2) is 9.34. The third-order valence-electron chi connectivity index (χ3n) is 4.91. The van der Waals surface area contributed by atoms with Crippen LogP contribution in [0.2, 0.25) is 0 Å². The average molecular weight is 487 g/mol. The molecule has 2 aromatic carbocycles. The van der Waals surface area contributed by atoms with Crippen molar-refractivity contribution in [3.63, 3.8) is 0 Å². The van der Waals surface area contributed by atoms with Gasteiger partial charge >= 0.3 is 6.03 Å². The molecular formula is C23H23BrN2O5. The predicted molar refractivity (Wildman–Crippen MR) is 121 cm³/mol. The number of methoxy groups -OCH3 is 1. The second-order valence-corrected chi connectivity index (χ2v) is 7.97. The SMILES string of the molecule is CCC(C)Oc1c(Br)cc(/C=C2\C(=O)NC(=O)N(c3ccccc3C)C2=O)cc1OC. The van der Waals surface area contributed by atoms with Crippen molar-refractivity contribution in [1.82, 2.24) is 5.32 Å². The molecule has 1 N–H and O–H groups in total. The molecule has 0 bridgehead atoms. The number of hydrogen-bond acceptors (Lipinski definition) is 5. The van der Waals surface area contributed by atoms with E-state index in [0.717, 1.165) is 16.9 Å². The predicted octanol–water partition coefficient (Wildman–Crippen LogP) is 4.61. The lowest BCUT2D eigenvalue weighted by Gasteiger charge is -2.27. The van der Waals surface area contributed by atoms with Crippen LogP contribution in [0.5, 0.6) is 11.5 Å².